The molecule has 15 heteroatoms. The molecule has 0 radical (unpaired) electrons. The molecule has 298 valence electrons. The van der Waals surface area contributed by atoms with Crippen molar-refractivity contribution < 1.29 is 57.5 Å². The first-order valence-corrected chi connectivity index (χ1v) is 18.0. The summed E-state index contributed by atoms with van der Waals surface area (Å²) < 4.78 is 33.4. The molecule has 5 unspecified atom stereocenters. The van der Waals surface area contributed by atoms with Crippen LogP contribution in [-0.4, -0.2) is 99.0 Å². The number of nitrogens with zero attached hydrogens (tertiary/aromatic N) is 1. The van der Waals surface area contributed by atoms with Gasteiger partial charge in [0.15, 0.2) is 11.5 Å². The minimum Gasteiger partial charge on any atom is -0.493 e. The Morgan fingerprint density at radius 1 is 1.00 bits per heavy atom. The van der Waals surface area contributed by atoms with Gasteiger partial charge in [-0.25, -0.2) is 14.4 Å². The average Bonchev–Trinajstić information content (AvgIpc) is 3.48. The van der Waals surface area contributed by atoms with Crippen molar-refractivity contribution in [1.29, 1.82) is 0 Å². The predicted octanol–water partition coefficient (Wildman–Crippen LogP) is 4.30. The zero-order valence-electron chi connectivity index (χ0n) is 32.5. The van der Waals surface area contributed by atoms with Gasteiger partial charge >= 0.3 is 18.0 Å². The van der Waals surface area contributed by atoms with E-state index in [1.165, 1.54) is 11.8 Å². The molecule has 0 saturated carbocycles. The van der Waals surface area contributed by atoms with Crippen LogP contribution in [0, 0.1) is 29.1 Å². The minimum atomic E-state index is -1.33. The van der Waals surface area contributed by atoms with E-state index in [1.807, 2.05) is 32.0 Å². The van der Waals surface area contributed by atoms with E-state index in [0.717, 1.165) is 5.56 Å². The maximum Gasteiger partial charge on any atom is 0.415 e. The third-order valence-corrected chi connectivity index (χ3v) is 9.37. The van der Waals surface area contributed by atoms with Crippen molar-refractivity contribution in [1.82, 2.24) is 10.2 Å². The van der Waals surface area contributed by atoms with Crippen LogP contribution >= 0.6 is 0 Å². The summed E-state index contributed by atoms with van der Waals surface area (Å²) in [7, 11) is 3.22. The van der Waals surface area contributed by atoms with Crippen molar-refractivity contribution in [3.63, 3.8) is 0 Å². The van der Waals surface area contributed by atoms with Crippen molar-refractivity contribution in [2.24, 2.45) is 34.8 Å². The van der Waals surface area contributed by atoms with E-state index >= 15 is 0 Å². The number of carboxylic acids is 1. The number of benzene rings is 1. The SMILES string of the molecule is COCCCOc1cc(CC(CC2C(CC(C(=O)NCC(C)(C)C(N)=O)C(C)C)OCN2C(=O)OC(C)OC(=O)C=CC(=O)O)C(C)C)ccc1OC. The summed E-state index contributed by atoms with van der Waals surface area (Å²) in [5.41, 5.74) is 5.58. The zero-order chi connectivity index (χ0) is 39.9. The molecule has 0 spiro atoms. The van der Waals surface area contributed by atoms with Crippen molar-refractivity contribution in [2.75, 3.05) is 40.7 Å². The molecule has 1 fully saturated rings. The fourth-order valence-electron chi connectivity index (χ4n) is 5.86. The highest BCUT2D eigenvalue weighted by Crippen LogP contribution is 2.36. The number of rotatable bonds is 22. The summed E-state index contributed by atoms with van der Waals surface area (Å²) in [4.78, 5) is 63.3. The number of carboxylic acid groups (broad SMARTS) is 1. The Labute approximate surface area is 312 Å². The second-order valence-electron chi connectivity index (χ2n) is 14.6. The van der Waals surface area contributed by atoms with Gasteiger partial charge in [0.05, 0.1) is 31.3 Å². The Balaban J connectivity index is 2.39. The molecule has 15 nitrogen and oxygen atoms in total. The van der Waals surface area contributed by atoms with Gasteiger partial charge in [-0.05, 0) is 68.6 Å². The first-order valence-electron chi connectivity index (χ1n) is 18.0. The van der Waals surface area contributed by atoms with E-state index in [2.05, 4.69) is 19.2 Å². The monoisotopic (exact) mass is 749 g/mol. The fourth-order valence-corrected chi connectivity index (χ4v) is 5.86. The molecule has 0 aromatic heterocycles. The molecule has 1 heterocycles. The van der Waals surface area contributed by atoms with Gasteiger partial charge in [-0.15, -0.1) is 0 Å². The summed E-state index contributed by atoms with van der Waals surface area (Å²) in [6.45, 7) is 13.6. The molecule has 1 aromatic carbocycles. The largest absolute Gasteiger partial charge is 0.493 e. The Hall–Kier alpha value is -4.37. The highest BCUT2D eigenvalue weighted by molar-refractivity contribution is 5.90. The number of hydrogen-bond donors (Lipinski definition) is 3. The first-order chi connectivity index (χ1) is 24.9. The zero-order valence-corrected chi connectivity index (χ0v) is 32.5. The van der Waals surface area contributed by atoms with E-state index in [1.54, 1.807) is 28.1 Å². The molecule has 0 aliphatic carbocycles. The first kappa shape index (κ1) is 44.8. The number of primary amides is 1. The van der Waals surface area contributed by atoms with E-state index in [0.29, 0.717) is 56.1 Å². The Morgan fingerprint density at radius 2 is 1.70 bits per heavy atom. The van der Waals surface area contributed by atoms with E-state index in [4.69, 9.17) is 39.3 Å². The topological polar surface area (TPSA) is 202 Å². The summed E-state index contributed by atoms with van der Waals surface area (Å²) in [6.07, 6.45) is 0.715. The summed E-state index contributed by atoms with van der Waals surface area (Å²) >= 11 is 0. The van der Waals surface area contributed by atoms with Crippen molar-refractivity contribution in [2.45, 2.75) is 92.6 Å². The van der Waals surface area contributed by atoms with E-state index in [-0.39, 0.29) is 43.4 Å². The van der Waals surface area contributed by atoms with Crippen LogP contribution in [0.2, 0.25) is 0 Å². The number of hydrogen-bond acceptors (Lipinski definition) is 11. The second kappa shape index (κ2) is 21.4. The van der Waals surface area contributed by atoms with Gasteiger partial charge < -0.3 is 44.6 Å². The lowest BCUT2D eigenvalue weighted by molar-refractivity contribution is -0.160. The molecule has 1 aromatic rings. The third kappa shape index (κ3) is 14.5. The molecule has 2 rings (SSSR count). The number of carbonyl (C=O) groups is 5. The Kier molecular flexibility index (Phi) is 18.1. The normalized spacial score (nSPS) is 17.8. The molecule has 53 heavy (non-hydrogen) atoms. The molecule has 1 aliphatic rings. The molecule has 4 N–H and O–H groups in total. The molecule has 5 atom stereocenters. The van der Waals surface area contributed by atoms with Crippen molar-refractivity contribution in [3.8, 4) is 11.5 Å². The molecule has 3 amide bonds. The molecule has 0 bridgehead atoms. The van der Waals surface area contributed by atoms with Crippen LogP contribution in [0.25, 0.3) is 0 Å². The second-order valence-corrected chi connectivity index (χ2v) is 14.6. The van der Waals surface area contributed by atoms with Crippen LogP contribution in [0.5, 0.6) is 11.5 Å². The molecular formula is C38H59N3O12. The summed E-state index contributed by atoms with van der Waals surface area (Å²) in [5.74, 6) is -2.37. The minimum absolute atomic E-state index is 0.0216. The smallest absolute Gasteiger partial charge is 0.415 e. The van der Waals surface area contributed by atoms with Gasteiger partial charge in [0, 0.05) is 51.7 Å². The third-order valence-electron chi connectivity index (χ3n) is 9.37. The number of nitrogens with one attached hydrogen (secondary N) is 1. The summed E-state index contributed by atoms with van der Waals surface area (Å²) in [6, 6.07) is 5.26. The number of esters is 1. The quantitative estimate of drug-likeness (QED) is 0.0658. The number of methoxy groups -OCH3 is 2. The number of ether oxygens (including phenoxy) is 6. The number of amides is 3. The molecular weight excluding hydrogens is 690 g/mol. The summed E-state index contributed by atoms with van der Waals surface area (Å²) in [5, 5.41) is 11.7. The number of carbonyl (C=O) groups excluding carboxylic acids is 4. The van der Waals surface area contributed by atoms with Crippen LogP contribution in [0.4, 0.5) is 4.79 Å². The lowest BCUT2D eigenvalue weighted by Crippen LogP contribution is -2.47. The van der Waals surface area contributed by atoms with Gasteiger partial charge in [0.25, 0.3) is 0 Å². The van der Waals surface area contributed by atoms with Crippen molar-refractivity contribution in [3.05, 3.63) is 35.9 Å². The predicted molar refractivity (Wildman–Crippen MR) is 195 cm³/mol. The van der Waals surface area contributed by atoms with Crippen LogP contribution in [0.3, 0.4) is 0 Å². The van der Waals surface area contributed by atoms with Crippen LogP contribution in [0.15, 0.2) is 30.4 Å². The maximum atomic E-state index is 13.6. The maximum absolute atomic E-state index is 13.6. The molecule has 1 aliphatic heterocycles. The van der Waals surface area contributed by atoms with Gasteiger partial charge in [0.1, 0.15) is 6.73 Å². The van der Waals surface area contributed by atoms with Gasteiger partial charge in [0.2, 0.25) is 18.1 Å². The van der Waals surface area contributed by atoms with Crippen LogP contribution in [0.1, 0.15) is 73.3 Å². The van der Waals surface area contributed by atoms with Gasteiger partial charge in [-0.3, -0.25) is 14.5 Å². The Bertz CT molecular complexity index is 1410. The van der Waals surface area contributed by atoms with Crippen LogP contribution < -0.4 is 20.5 Å². The highest BCUT2D eigenvalue weighted by Gasteiger charge is 2.43. The van der Waals surface area contributed by atoms with Gasteiger partial charge in [-0.1, -0.05) is 33.8 Å². The fraction of sp³-hybridized carbons (Fsp3) is 0.658. The van der Waals surface area contributed by atoms with Gasteiger partial charge in [-0.2, -0.15) is 0 Å². The van der Waals surface area contributed by atoms with Crippen molar-refractivity contribution >= 4 is 29.8 Å². The number of nitrogens with two attached hydrogens (primary N) is 1. The standard InChI is InChI=1S/C38H59N3O12/c1-23(2)27(17-26-11-12-30(49-9)32(18-26)50-16-10-15-48-8)19-29-31(20-28(24(3)4)35(45)40-21-38(6,7)36(39)46)51-22-41(29)37(47)53-25(5)52-34(44)14-13-33(42)43/h11-14,18,23-25,27-29,31H,10,15-17,19-22H2,1-9H3,(H2,39,46)(H,40,45)(H,42,43). The molecule has 1 saturated heterocycles. The highest BCUT2D eigenvalue weighted by atomic mass is 16.7. The van der Waals surface area contributed by atoms with E-state index < -0.39 is 53.7 Å². The average molecular weight is 750 g/mol. The Morgan fingerprint density at radius 3 is 2.28 bits per heavy atom. The van der Waals surface area contributed by atoms with E-state index in [9.17, 15) is 24.0 Å². The lowest BCUT2D eigenvalue weighted by Gasteiger charge is -2.33. The number of aliphatic carboxylic acids is 1. The van der Waals surface area contributed by atoms with Crippen LogP contribution in [-0.2, 0) is 44.5 Å². The lowest BCUT2D eigenvalue weighted by atomic mass is 9.80.